The number of rotatable bonds is 2. The van der Waals surface area contributed by atoms with Crippen molar-refractivity contribution in [3.63, 3.8) is 0 Å². The molecule has 0 aliphatic carbocycles. The second-order valence-electron chi connectivity index (χ2n) is 3.00. The molecule has 0 saturated carbocycles. The van der Waals surface area contributed by atoms with Crippen molar-refractivity contribution in [1.29, 1.82) is 0 Å². The second kappa shape index (κ2) is 3.92. The van der Waals surface area contributed by atoms with E-state index in [1.165, 1.54) is 16.8 Å². The lowest BCUT2D eigenvalue weighted by Gasteiger charge is -2.03. The Morgan fingerprint density at radius 1 is 1.21 bits per heavy atom. The van der Waals surface area contributed by atoms with Gasteiger partial charge in [0.05, 0.1) is 9.29 Å². The van der Waals surface area contributed by atoms with Gasteiger partial charge in [-0.2, -0.15) is 0 Å². The number of nitrogens with zero attached hydrogens (tertiary/aromatic N) is 1. The van der Waals surface area contributed by atoms with E-state index in [0.29, 0.717) is 6.54 Å². The number of pyridine rings is 1. The Balaban J connectivity index is 2.39. The van der Waals surface area contributed by atoms with Crippen LogP contribution >= 0.6 is 0 Å². The summed E-state index contributed by atoms with van der Waals surface area (Å²) in [5.74, 6) is 0. The average Bonchev–Trinajstić information content (AvgIpc) is 2.27. The number of hydrogen-bond acceptors (Lipinski definition) is 1. The summed E-state index contributed by atoms with van der Waals surface area (Å²) in [5, 5.41) is 0. The molecule has 0 amide bonds. The normalized spacial score (nSPS) is 12.0. The van der Waals surface area contributed by atoms with Crippen LogP contribution in [0.4, 0.5) is 0 Å². The average molecular weight is 187 g/mol. The van der Waals surface area contributed by atoms with Crippen molar-refractivity contribution in [2.45, 2.75) is 6.54 Å². The van der Waals surface area contributed by atoms with Gasteiger partial charge in [-0.1, -0.05) is 36.4 Å². The first-order chi connectivity index (χ1) is 7.66. The van der Waals surface area contributed by atoms with Gasteiger partial charge in [0.1, 0.15) is 0 Å². The zero-order valence-electron chi connectivity index (χ0n) is 9.60. The zero-order valence-corrected chi connectivity index (χ0v) is 7.60. The molecule has 0 aliphatic rings. The molecule has 0 saturated heterocycles. The van der Waals surface area contributed by atoms with Crippen LogP contribution in [0, 0.1) is 0 Å². The molecule has 2 heteroatoms. The molecule has 1 aromatic carbocycles. The minimum atomic E-state index is -0.361. The monoisotopic (exact) mass is 187 g/mol. The molecule has 0 atom stereocenters. The number of benzene rings is 1. The van der Waals surface area contributed by atoms with Crippen LogP contribution in [0.25, 0.3) is 0 Å². The standard InChI is InChI=1S/C12H11NO/c14-12-8-4-5-9-13(12)10-11-6-2-1-3-7-11/h1-9H,10H2/i5D,8D. The van der Waals surface area contributed by atoms with Gasteiger partial charge in [-0.3, -0.25) is 4.79 Å². The van der Waals surface area contributed by atoms with Crippen LogP contribution in [0.1, 0.15) is 8.30 Å². The molecule has 1 aromatic heterocycles. The zero-order chi connectivity index (χ0) is 11.5. The quantitative estimate of drug-likeness (QED) is 0.703. The van der Waals surface area contributed by atoms with E-state index in [1.807, 2.05) is 30.3 Å². The highest BCUT2D eigenvalue weighted by Crippen LogP contribution is 1.99. The van der Waals surface area contributed by atoms with Gasteiger partial charge in [-0.05, 0) is 11.6 Å². The maximum Gasteiger partial charge on any atom is 0.250 e. The van der Waals surface area contributed by atoms with Gasteiger partial charge in [0, 0.05) is 12.2 Å². The lowest BCUT2D eigenvalue weighted by molar-refractivity contribution is 0.759. The fraction of sp³-hybridized carbons (Fsp3) is 0.0833. The molecule has 2 rings (SSSR count). The summed E-state index contributed by atoms with van der Waals surface area (Å²) in [6.07, 6.45) is 1.45. The van der Waals surface area contributed by atoms with E-state index in [0.717, 1.165) is 5.56 Å². The van der Waals surface area contributed by atoms with Gasteiger partial charge < -0.3 is 4.57 Å². The Hall–Kier alpha value is -1.83. The van der Waals surface area contributed by atoms with E-state index in [-0.39, 0.29) is 17.6 Å². The fourth-order valence-corrected chi connectivity index (χ4v) is 1.27. The summed E-state index contributed by atoms with van der Waals surface area (Å²) < 4.78 is 16.3. The van der Waals surface area contributed by atoms with Crippen molar-refractivity contribution >= 4 is 0 Å². The van der Waals surface area contributed by atoms with Crippen molar-refractivity contribution in [1.82, 2.24) is 4.57 Å². The molecule has 1 heterocycles. The smallest absolute Gasteiger partial charge is 0.250 e. The van der Waals surface area contributed by atoms with Crippen LogP contribution in [0.2, 0.25) is 0 Å². The predicted molar refractivity (Wildman–Crippen MR) is 56.2 cm³/mol. The molecule has 70 valence electrons. The lowest BCUT2D eigenvalue weighted by atomic mass is 10.2. The maximum absolute atomic E-state index is 11.6. The Morgan fingerprint density at radius 2 is 2.00 bits per heavy atom. The van der Waals surface area contributed by atoms with Crippen molar-refractivity contribution in [2.75, 3.05) is 0 Å². The van der Waals surface area contributed by atoms with Gasteiger partial charge in [0.2, 0.25) is 0 Å². The molecule has 0 unspecified atom stereocenters. The topological polar surface area (TPSA) is 22.0 Å². The molecule has 0 N–H and O–H groups in total. The molecule has 0 radical (unpaired) electrons. The van der Waals surface area contributed by atoms with Crippen LogP contribution in [0.15, 0.2) is 59.5 Å². The third-order valence-corrected chi connectivity index (χ3v) is 1.97. The second-order valence-corrected chi connectivity index (χ2v) is 3.00. The first-order valence-electron chi connectivity index (χ1n) is 5.38. The molecular formula is C12H11NO. The highest BCUT2D eigenvalue weighted by atomic mass is 16.1. The first-order valence-corrected chi connectivity index (χ1v) is 4.38. The predicted octanol–water partition coefficient (Wildman–Crippen LogP) is 1.90. The lowest BCUT2D eigenvalue weighted by Crippen LogP contribution is -2.18. The van der Waals surface area contributed by atoms with E-state index < -0.39 is 0 Å². The molecule has 0 bridgehead atoms. The van der Waals surface area contributed by atoms with E-state index in [9.17, 15) is 4.79 Å². The summed E-state index contributed by atoms with van der Waals surface area (Å²) >= 11 is 0. The fourth-order valence-electron chi connectivity index (χ4n) is 1.27. The molecule has 0 fully saturated rings. The van der Waals surface area contributed by atoms with E-state index in [4.69, 9.17) is 2.74 Å². The largest absolute Gasteiger partial charge is 0.311 e. The maximum atomic E-state index is 11.6. The van der Waals surface area contributed by atoms with Crippen molar-refractivity contribution < 1.29 is 2.74 Å². The Kier molecular flexibility index (Phi) is 1.85. The number of hydrogen-bond donors (Lipinski definition) is 0. The molecule has 0 aliphatic heterocycles. The summed E-state index contributed by atoms with van der Waals surface area (Å²) in [5.41, 5.74) is 0.620. The molecule has 0 spiro atoms. The Morgan fingerprint density at radius 3 is 2.79 bits per heavy atom. The Bertz CT molecular complexity index is 549. The molecule has 2 nitrogen and oxygen atoms in total. The Labute approximate surface area is 85.3 Å². The van der Waals surface area contributed by atoms with Gasteiger partial charge in [0.15, 0.2) is 0 Å². The van der Waals surface area contributed by atoms with Gasteiger partial charge in [0.25, 0.3) is 5.56 Å². The molecule has 14 heavy (non-hydrogen) atoms. The van der Waals surface area contributed by atoms with Crippen LogP contribution in [0.5, 0.6) is 0 Å². The van der Waals surface area contributed by atoms with E-state index in [2.05, 4.69) is 0 Å². The highest BCUT2D eigenvalue weighted by Gasteiger charge is 1.94. The van der Waals surface area contributed by atoms with Crippen molar-refractivity contribution in [3.8, 4) is 0 Å². The summed E-state index contributed by atoms with van der Waals surface area (Å²) in [4.78, 5) is 11.6. The van der Waals surface area contributed by atoms with Crippen LogP contribution < -0.4 is 5.56 Å². The van der Waals surface area contributed by atoms with Crippen molar-refractivity contribution in [2.24, 2.45) is 0 Å². The summed E-state index contributed by atoms with van der Waals surface area (Å²) in [7, 11) is 0. The minimum Gasteiger partial charge on any atom is -0.311 e. The molecular weight excluding hydrogens is 174 g/mol. The number of aromatic nitrogens is 1. The SMILES string of the molecule is [2H]c1cc([2H])c(=O)n(Cc2ccccc2)c1. The highest BCUT2D eigenvalue weighted by molar-refractivity contribution is 5.15. The van der Waals surface area contributed by atoms with Crippen LogP contribution in [-0.2, 0) is 6.54 Å². The van der Waals surface area contributed by atoms with Crippen LogP contribution in [-0.4, -0.2) is 4.57 Å². The van der Waals surface area contributed by atoms with Crippen molar-refractivity contribution in [3.05, 3.63) is 70.6 Å². The van der Waals surface area contributed by atoms with Crippen LogP contribution in [0.3, 0.4) is 0 Å². The van der Waals surface area contributed by atoms with E-state index >= 15 is 0 Å². The van der Waals surface area contributed by atoms with Gasteiger partial charge >= 0.3 is 0 Å². The third kappa shape index (κ3) is 1.91. The van der Waals surface area contributed by atoms with Gasteiger partial charge in [-0.15, -0.1) is 0 Å². The van der Waals surface area contributed by atoms with Gasteiger partial charge in [-0.25, -0.2) is 0 Å². The minimum absolute atomic E-state index is 0.136. The van der Waals surface area contributed by atoms with E-state index in [1.54, 1.807) is 0 Å². The third-order valence-electron chi connectivity index (χ3n) is 1.97. The summed E-state index contributed by atoms with van der Waals surface area (Å²) in [6.45, 7) is 0.401. The molecule has 2 aromatic rings. The summed E-state index contributed by atoms with van der Waals surface area (Å²) in [6, 6.07) is 10.8. The first kappa shape index (κ1) is 6.60.